The van der Waals surface area contributed by atoms with E-state index in [0.717, 1.165) is 11.3 Å². The van der Waals surface area contributed by atoms with Crippen molar-refractivity contribution < 1.29 is 4.79 Å². The lowest BCUT2D eigenvalue weighted by molar-refractivity contribution is -0.116. The third-order valence-electron chi connectivity index (χ3n) is 3.33. The molecule has 0 unspecified atom stereocenters. The minimum absolute atomic E-state index is 0.0825. The van der Waals surface area contributed by atoms with Crippen molar-refractivity contribution in [2.75, 3.05) is 5.32 Å². The molecule has 124 valence electrons. The van der Waals surface area contributed by atoms with Crippen molar-refractivity contribution in [3.8, 4) is 0 Å². The predicted molar refractivity (Wildman–Crippen MR) is 93.3 cm³/mol. The van der Waals surface area contributed by atoms with Gasteiger partial charge in [0.1, 0.15) is 0 Å². The van der Waals surface area contributed by atoms with Gasteiger partial charge in [-0.25, -0.2) is 0 Å². The number of carbonyl (C=O) groups excluding carboxylic acids is 1. The van der Waals surface area contributed by atoms with Crippen molar-refractivity contribution in [3.63, 3.8) is 0 Å². The minimum atomic E-state index is -0.0825. The van der Waals surface area contributed by atoms with E-state index in [0.29, 0.717) is 29.6 Å². The predicted octanol–water partition coefficient (Wildman–Crippen LogP) is 3.46. The highest BCUT2D eigenvalue weighted by Gasteiger charge is 2.05. The monoisotopic (exact) mass is 363 g/mol. The van der Waals surface area contributed by atoms with Crippen LogP contribution in [-0.2, 0) is 17.9 Å². The fourth-order valence-corrected chi connectivity index (χ4v) is 2.57. The highest BCUT2D eigenvalue weighted by molar-refractivity contribution is 6.30. The highest BCUT2D eigenvalue weighted by atomic mass is 35.5. The fraction of sp³-hybridized carbons (Fsp3) is 0.188. The van der Waals surface area contributed by atoms with Crippen molar-refractivity contribution >= 4 is 34.8 Å². The summed E-state index contributed by atoms with van der Waals surface area (Å²) in [6.45, 7) is 1.06. The standard InChI is InChI=1S/C16H15Cl2N5O/c17-13-7-19-22(10-13)5-4-16(24)21-15-3-1-2-12(6-15)9-23-11-14(18)8-20-23/h1-3,6-8,10-11H,4-5,9H2,(H,21,24). The number of rotatable bonds is 6. The maximum Gasteiger partial charge on any atom is 0.226 e. The lowest BCUT2D eigenvalue weighted by Crippen LogP contribution is -2.15. The van der Waals surface area contributed by atoms with E-state index >= 15 is 0 Å². The first kappa shape index (κ1) is 16.5. The molecule has 3 aromatic rings. The van der Waals surface area contributed by atoms with Gasteiger partial charge in [0.05, 0.1) is 29.0 Å². The number of nitrogens with one attached hydrogen (secondary N) is 1. The van der Waals surface area contributed by atoms with Crippen LogP contribution in [-0.4, -0.2) is 25.5 Å². The van der Waals surface area contributed by atoms with Crippen molar-refractivity contribution in [2.45, 2.75) is 19.5 Å². The summed E-state index contributed by atoms with van der Waals surface area (Å²) in [4.78, 5) is 12.0. The van der Waals surface area contributed by atoms with Gasteiger partial charge in [0.15, 0.2) is 0 Å². The molecule has 0 fully saturated rings. The summed E-state index contributed by atoms with van der Waals surface area (Å²) in [5.41, 5.74) is 1.76. The summed E-state index contributed by atoms with van der Waals surface area (Å²) < 4.78 is 3.38. The van der Waals surface area contributed by atoms with E-state index in [2.05, 4.69) is 15.5 Å². The molecule has 0 aliphatic heterocycles. The van der Waals surface area contributed by atoms with E-state index in [1.165, 1.54) is 0 Å². The van der Waals surface area contributed by atoms with Crippen LogP contribution in [0.4, 0.5) is 5.69 Å². The maximum absolute atomic E-state index is 12.0. The summed E-state index contributed by atoms with van der Waals surface area (Å²) in [6.07, 6.45) is 6.89. The number of hydrogen-bond acceptors (Lipinski definition) is 3. The molecule has 0 atom stereocenters. The van der Waals surface area contributed by atoms with Crippen LogP contribution in [0.1, 0.15) is 12.0 Å². The lowest BCUT2D eigenvalue weighted by atomic mass is 10.2. The smallest absolute Gasteiger partial charge is 0.226 e. The molecule has 0 radical (unpaired) electrons. The van der Waals surface area contributed by atoms with Gasteiger partial charge in [-0.15, -0.1) is 0 Å². The van der Waals surface area contributed by atoms with E-state index < -0.39 is 0 Å². The van der Waals surface area contributed by atoms with Crippen LogP contribution in [0.2, 0.25) is 10.0 Å². The molecule has 0 bridgehead atoms. The second-order valence-corrected chi connectivity index (χ2v) is 6.15. The van der Waals surface area contributed by atoms with Gasteiger partial charge >= 0.3 is 0 Å². The Morgan fingerprint density at radius 2 is 1.79 bits per heavy atom. The first-order valence-electron chi connectivity index (χ1n) is 7.33. The number of carbonyl (C=O) groups is 1. The molecular formula is C16H15Cl2N5O. The highest BCUT2D eigenvalue weighted by Crippen LogP contribution is 2.14. The van der Waals surface area contributed by atoms with Crippen molar-refractivity contribution in [1.82, 2.24) is 19.6 Å². The molecule has 8 heteroatoms. The summed E-state index contributed by atoms with van der Waals surface area (Å²) in [5.74, 6) is -0.0825. The SMILES string of the molecule is O=C(CCn1cc(Cl)cn1)Nc1cccc(Cn2cc(Cl)cn2)c1. The first-order chi connectivity index (χ1) is 11.6. The largest absolute Gasteiger partial charge is 0.326 e. The average Bonchev–Trinajstić information content (AvgIpc) is 3.14. The molecular weight excluding hydrogens is 349 g/mol. The molecule has 24 heavy (non-hydrogen) atoms. The topological polar surface area (TPSA) is 64.7 Å². The molecule has 1 aromatic carbocycles. The third-order valence-corrected chi connectivity index (χ3v) is 3.72. The fourth-order valence-electron chi connectivity index (χ4n) is 2.26. The van der Waals surface area contributed by atoms with Crippen LogP contribution in [0.15, 0.2) is 49.1 Å². The minimum Gasteiger partial charge on any atom is -0.326 e. The van der Waals surface area contributed by atoms with Gasteiger partial charge in [-0.05, 0) is 17.7 Å². The Kier molecular flexibility index (Phi) is 5.17. The zero-order valence-corrected chi connectivity index (χ0v) is 14.2. The second kappa shape index (κ2) is 7.51. The van der Waals surface area contributed by atoms with Crippen molar-refractivity contribution in [2.24, 2.45) is 0 Å². The molecule has 0 saturated heterocycles. The van der Waals surface area contributed by atoms with Gasteiger partial charge in [-0.2, -0.15) is 10.2 Å². The van der Waals surface area contributed by atoms with Crippen LogP contribution >= 0.6 is 23.2 Å². The molecule has 6 nitrogen and oxygen atoms in total. The molecule has 2 heterocycles. The number of halogens is 2. The van der Waals surface area contributed by atoms with Gasteiger partial charge in [0, 0.05) is 31.0 Å². The Morgan fingerprint density at radius 3 is 2.46 bits per heavy atom. The molecule has 3 rings (SSSR count). The number of aryl methyl sites for hydroxylation is 1. The Labute approximate surface area is 149 Å². The third kappa shape index (κ3) is 4.59. The normalized spacial score (nSPS) is 10.8. The van der Waals surface area contributed by atoms with E-state index in [-0.39, 0.29) is 5.91 Å². The van der Waals surface area contributed by atoms with Gasteiger partial charge in [0.2, 0.25) is 5.91 Å². The molecule has 0 spiro atoms. The van der Waals surface area contributed by atoms with Gasteiger partial charge in [-0.1, -0.05) is 35.3 Å². The quantitative estimate of drug-likeness (QED) is 0.729. The van der Waals surface area contributed by atoms with Crippen LogP contribution in [0.3, 0.4) is 0 Å². The number of nitrogens with zero attached hydrogens (tertiary/aromatic N) is 4. The van der Waals surface area contributed by atoms with Gasteiger partial charge in [0.25, 0.3) is 0 Å². The molecule has 0 saturated carbocycles. The summed E-state index contributed by atoms with van der Waals surface area (Å²) >= 11 is 11.6. The Morgan fingerprint density at radius 1 is 1.08 bits per heavy atom. The Balaban J connectivity index is 1.56. The molecule has 1 N–H and O–H groups in total. The van der Waals surface area contributed by atoms with Gasteiger partial charge in [-0.3, -0.25) is 14.2 Å². The van der Waals surface area contributed by atoms with Crippen LogP contribution in [0.5, 0.6) is 0 Å². The van der Waals surface area contributed by atoms with Crippen LogP contribution in [0.25, 0.3) is 0 Å². The van der Waals surface area contributed by atoms with E-state index in [9.17, 15) is 4.79 Å². The van der Waals surface area contributed by atoms with E-state index in [1.54, 1.807) is 34.2 Å². The number of hydrogen-bond donors (Lipinski definition) is 1. The van der Waals surface area contributed by atoms with Crippen LogP contribution in [0, 0.1) is 0 Å². The number of amides is 1. The molecule has 0 aliphatic rings. The average molecular weight is 364 g/mol. The number of benzene rings is 1. The molecule has 1 amide bonds. The molecule has 2 aromatic heterocycles. The van der Waals surface area contributed by atoms with Gasteiger partial charge < -0.3 is 5.32 Å². The van der Waals surface area contributed by atoms with Crippen molar-refractivity contribution in [3.05, 3.63) is 64.7 Å². The maximum atomic E-state index is 12.0. The number of anilines is 1. The van der Waals surface area contributed by atoms with Crippen molar-refractivity contribution in [1.29, 1.82) is 0 Å². The Bertz CT molecular complexity index is 842. The summed E-state index contributed by atoms with van der Waals surface area (Å²) in [7, 11) is 0. The van der Waals surface area contributed by atoms with Crippen LogP contribution < -0.4 is 5.32 Å². The summed E-state index contributed by atoms with van der Waals surface area (Å²) in [5, 5.41) is 12.2. The second-order valence-electron chi connectivity index (χ2n) is 5.28. The Hall–Kier alpha value is -2.31. The number of aromatic nitrogens is 4. The molecule has 0 aliphatic carbocycles. The first-order valence-corrected chi connectivity index (χ1v) is 8.09. The van der Waals surface area contributed by atoms with E-state index in [1.807, 2.05) is 24.3 Å². The summed E-state index contributed by atoms with van der Waals surface area (Å²) in [6, 6.07) is 7.63. The van der Waals surface area contributed by atoms with E-state index in [4.69, 9.17) is 23.2 Å². The lowest BCUT2D eigenvalue weighted by Gasteiger charge is -2.08. The zero-order chi connectivity index (χ0) is 16.9. The zero-order valence-electron chi connectivity index (χ0n) is 12.7.